The number of ether oxygens (including phenoxy) is 1. The second-order valence-corrected chi connectivity index (χ2v) is 5.36. The molecule has 4 heteroatoms. The van der Waals surface area contributed by atoms with Crippen LogP contribution >= 0.6 is 22.9 Å². The van der Waals surface area contributed by atoms with Crippen LogP contribution in [0.5, 0.6) is 0 Å². The van der Waals surface area contributed by atoms with Crippen molar-refractivity contribution in [2.24, 2.45) is 0 Å². The van der Waals surface area contributed by atoms with Crippen LogP contribution in [0.25, 0.3) is 10.4 Å². The summed E-state index contributed by atoms with van der Waals surface area (Å²) in [5.74, 6) is -0.179. The van der Waals surface area contributed by atoms with Crippen molar-refractivity contribution >= 4 is 28.9 Å². The van der Waals surface area contributed by atoms with Gasteiger partial charge >= 0.3 is 5.97 Å². The Morgan fingerprint density at radius 1 is 1.22 bits per heavy atom. The summed E-state index contributed by atoms with van der Waals surface area (Å²) < 4.78 is 4.93. The van der Waals surface area contributed by atoms with Gasteiger partial charge in [-0.3, -0.25) is 4.79 Å². The van der Waals surface area contributed by atoms with E-state index in [2.05, 4.69) is 0 Å². The van der Waals surface area contributed by atoms with E-state index >= 15 is 0 Å². The third-order valence-corrected chi connectivity index (χ3v) is 3.80. The summed E-state index contributed by atoms with van der Waals surface area (Å²) >= 11 is 7.45. The zero-order valence-electron chi connectivity index (χ0n) is 9.98. The topological polar surface area (TPSA) is 26.3 Å². The summed E-state index contributed by atoms with van der Waals surface area (Å²) in [6, 6.07) is 11.7. The van der Waals surface area contributed by atoms with Crippen molar-refractivity contribution in [2.75, 3.05) is 6.61 Å². The maximum Gasteiger partial charge on any atom is 0.311 e. The lowest BCUT2D eigenvalue weighted by Gasteiger charge is -1.99. The van der Waals surface area contributed by atoms with Crippen LogP contribution < -0.4 is 0 Å². The Morgan fingerprint density at radius 2 is 1.94 bits per heavy atom. The molecule has 1 aromatic carbocycles. The first kappa shape index (κ1) is 13.1. The number of halogens is 1. The van der Waals surface area contributed by atoms with Crippen LogP contribution in [0.3, 0.4) is 0 Å². The molecule has 0 aliphatic heterocycles. The quantitative estimate of drug-likeness (QED) is 0.786. The molecule has 1 heterocycles. The largest absolute Gasteiger partial charge is 0.466 e. The molecule has 1 aromatic heterocycles. The van der Waals surface area contributed by atoms with Gasteiger partial charge in [0, 0.05) is 14.8 Å². The van der Waals surface area contributed by atoms with Crippen LogP contribution in [-0.4, -0.2) is 12.6 Å². The third kappa shape index (κ3) is 3.34. The molecule has 2 rings (SSSR count). The second kappa shape index (κ2) is 6.03. The lowest BCUT2D eigenvalue weighted by molar-refractivity contribution is -0.142. The number of hydrogen-bond donors (Lipinski definition) is 0. The maximum absolute atomic E-state index is 11.4. The maximum atomic E-state index is 11.4. The van der Waals surface area contributed by atoms with Gasteiger partial charge in [0.05, 0.1) is 13.0 Å². The van der Waals surface area contributed by atoms with E-state index in [1.54, 1.807) is 11.3 Å². The molecule has 0 unspecified atom stereocenters. The minimum Gasteiger partial charge on any atom is -0.466 e. The Labute approximate surface area is 115 Å². The van der Waals surface area contributed by atoms with E-state index in [0.717, 1.165) is 20.3 Å². The first-order chi connectivity index (χ1) is 8.69. The number of hydrogen-bond acceptors (Lipinski definition) is 3. The van der Waals surface area contributed by atoms with Crippen molar-refractivity contribution in [1.29, 1.82) is 0 Å². The normalized spacial score (nSPS) is 10.3. The van der Waals surface area contributed by atoms with Gasteiger partial charge in [0.15, 0.2) is 0 Å². The minimum absolute atomic E-state index is 0.179. The number of carbonyl (C=O) groups excluding carboxylic acids is 1. The van der Waals surface area contributed by atoms with E-state index in [9.17, 15) is 4.79 Å². The predicted octanol–water partition coefficient (Wildman–Crippen LogP) is 4.17. The Hall–Kier alpha value is -1.32. The van der Waals surface area contributed by atoms with Crippen LogP contribution in [-0.2, 0) is 16.0 Å². The molecule has 2 nitrogen and oxygen atoms in total. The number of carbonyl (C=O) groups is 1. The Balaban J connectivity index is 2.10. The van der Waals surface area contributed by atoms with E-state index in [1.165, 1.54) is 0 Å². The summed E-state index contributed by atoms with van der Waals surface area (Å²) in [6.07, 6.45) is 0.339. The highest BCUT2D eigenvalue weighted by Gasteiger charge is 2.08. The van der Waals surface area contributed by atoms with E-state index in [-0.39, 0.29) is 5.97 Å². The summed E-state index contributed by atoms with van der Waals surface area (Å²) in [7, 11) is 0. The zero-order valence-corrected chi connectivity index (χ0v) is 11.6. The van der Waals surface area contributed by atoms with Crippen molar-refractivity contribution in [3.8, 4) is 10.4 Å². The van der Waals surface area contributed by atoms with E-state index in [1.807, 2.05) is 43.3 Å². The highest BCUT2D eigenvalue weighted by molar-refractivity contribution is 7.15. The van der Waals surface area contributed by atoms with Crippen LogP contribution in [0.2, 0.25) is 5.02 Å². The average Bonchev–Trinajstić information content (AvgIpc) is 2.78. The minimum atomic E-state index is -0.179. The van der Waals surface area contributed by atoms with Crippen LogP contribution in [0, 0.1) is 0 Å². The summed E-state index contributed by atoms with van der Waals surface area (Å²) in [4.78, 5) is 13.5. The molecule has 0 aliphatic rings. The Bertz CT molecular complexity index is 531. The van der Waals surface area contributed by atoms with Crippen molar-refractivity contribution in [3.05, 3.63) is 46.3 Å². The number of rotatable bonds is 4. The van der Waals surface area contributed by atoms with Crippen molar-refractivity contribution in [1.82, 2.24) is 0 Å². The fourth-order valence-electron chi connectivity index (χ4n) is 1.60. The van der Waals surface area contributed by atoms with Crippen LogP contribution in [0.4, 0.5) is 0 Å². The molecule has 0 N–H and O–H groups in total. The average molecular weight is 281 g/mol. The molecule has 18 heavy (non-hydrogen) atoms. The highest BCUT2D eigenvalue weighted by atomic mass is 35.5. The molecule has 0 bridgehead atoms. The first-order valence-electron chi connectivity index (χ1n) is 5.69. The molecule has 0 spiro atoms. The Morgan fingerprint density at radius 3 is 2.61 bits per heavy atom. The molecular formula is C14H13ClO2S. The zero-order chi connectivity index (χ0) is 13.0. The smallest absolute Gasteiger partial charge is 0.311 e. The van der Waals surface area contributed by atoms with Gasteiger partial charge in [-0.05, 0) is 36.8 Å². The fourth-order valence-corrected chi connectivity index (χ4v) is 2.72. The number of esters is 1. The highest BCUT2D eigenvalue weighted by Crippen LogP contribution is 2.29. The lowest BCUT2D eigenvalue weighted by Crippen LogP contribution is -2.05. The molecule has 0 radical (unpaired) electrons. The molecule has 0 aliphatic carbocycles. The second-order valence-electron chi connectivity index (χ2n) is 3.75. The van der Waals surface area contributed by atoms with Crippen molar-refractivity contribution in [3.63, 3.8) is 0 Å². The predicted molar refractivity (Wildman–Crippen MR) is 75.1 cm³/mol. The summed E-state index contributed by atoms with van der Waals surface area (Å²) in [5.41, 5.74) is 1.11. The fraction of sp³-hybridized carbons (Fsp3) is 0.214. The molecule has 0 atom stereocenters. The Kier molecular flexibility index (Phi) is 4.39. The van der Waals surface area contributed by atoms with Crippen molar-refractivity contribution in [2.45, 2.75) is 13.3 Å². The van der Waals surface area contributed by atoms with Gasteiger partial charge in [-0.1, -0.05) is 23.7 Å². The first-order valence-corrected chi connectivity index (χ1v) is 6.88. The SMILES string of the molecule is CCOC(=O)Cc1ccc(-c2ccc(Cl)cc2)s1. The number of benzene rings is 1. The van der Waals surface area contributed by atoms with Gasteiger partial charge in [0.2, 0.25) is 0 Å². The molecule has 0 saturated carbocycles. The number of thiophene rings is 1. The van der Waals surface area contributed by atoms with E-state index < -0.39 is 0 Å². The van der Waals surface area contributed by atoms with Gasteiger partial charge in [0.1, 0.15) is 0 Å². The van der Waals surface area contributed by atoms with E-state index in [0.29, 0.717) is 13.0 Å². The van der Waals surface area contributed by atoms with Gasteiger partial charge in [-0.2, -0.15) is 0 Å². The molecule has 0 amide bonds. The van der Waals surface area contributed by atoms with Gasteiger partial charge in [-0.25, -0.2) is 0 Å². The van der Waals surface area contributed by atoms with Gasteiger partial charge in [0.25, 0.3) is 0 Å². The van der Waals surface area contributed by atoms with Gasteiger partial charge in [-0.15, -0.1) is 11.3 Å². The van der Waals surface area contributed by atoms with Crippen molar-refractivity contribution < 1.29 is 9.53 Å². The molecule has 0 saturated heterocycles. The van der Waals surface area contributed by atoms with Gasteiger partial charge < -0.3 is 4.74 Å². The lowest BCUT2D eigenvalue weighted by atomic mass is 10.2. The van der Waals surface area contributed by atoms with Crippen LogP contribution in [0.15, 0.2) is 36.4 Å². The molecule has 2 aromatic rings. The third-order valence-electron chi connectivity index (χ3n) is 2.41. The summed E-state index contributed by atoms with van der Waals surface area (Å²) in [5, 5.41) is 0.724. The molecule has 0 fully saturated rings. The summed E-state index contributed by atoms with van der Waals surface area (Å²) in [6.45, 7) is 2.24. The van der Waals surface area contributed by atoms with Crippen LogP contribution in [0.1, 0.15) is 11.8 Å². The standard InChI is InChI=1S/C14H13ClO2S/c1-2-17-14(16)9-12-7-8-13(18-12)10-3-5-11(15)6-4-10/h3-8H,2,9H2,1H3. The monoisotopic (exact) mass is 280 g/mol. The molecular weight excluding hydrogens is 268 g/mol. The van der Waals surface area contributed by atoms with E-state index in [4.69, 9.17) is 16.3 Å². The molecule has 94 valence electrons.